The topological polar surface area (TPSA) is 83.7 Å². The number of halogens is 1. The smallest absolute Gasteiger partial charge is 0.191 e. The Hall–Kier alpha value is -1.29. The Bertz CT molecular complexity index is 861. The number of para-hydroxylation sites is 1. The predicted octanol–water partition coefficient (Wildman–Crippen LogP) is 2.46. The van der Waals surface area contributed by atoms with Gasteiger partial charge < -0.3 is 15.1 Å². The number of hydrogen-bond acceptors (Lipinski definition) is 4. The summed E-state index contributed by atoms with van der Waals surface area (Å²) < 4.78 is 28.8. The van der Waals surface area contributed by atoms with Crippen LogP contribution in [0.3, 0.4) is 0 Å². The van der Waals surface area contributed by atoms with Crippen molar-refractivity contribution in [1.29, 1.82) is 0 Å². The van der Waals surface area contributed by atoms with Crippen molar-refractivity contribution >= 4 is 50.7 Å². The van der Waals surface area contributed by atoms with Crippen LogP contribution in [-0.2, 0) is 16.4 Å². The Balaban J connectivity index is 0.00000225. The molecule has 8 heteroatoms. The lowest BCUT2D eigenvalue weighted by molar-refractivity contribution is 0.562. The van der Waals surface area contributed by atoms with Crippen LogP contribution >= 0.6 is 24.0 Å². The van der Waals surface area contributed by atoms with Crippen molar-refractivity contribution in [3.8, 4) is 0 Å². The molecule has 1 atom stereocenters. The third-order valence-electron chi connectivity index (χ3n) is 4.44. The van der Waals surface area contributed by atoms with Gasteiger partial charge >= 0.3 is 0 Å². The molecular formula is C17H24IN3O3S. The summed E-state index contributed by atoms with van der Waals surface area (Å²) in [5.74, 6) is 2.28. The van der Waals surface area contributed by atoms with E-state index >= 15 is 0 Å². The molecule has 2 N–H and O–H groups in total. The summed E-state index contributed by atoms with van der Waals surface area (Å²) in [7, 11) is -1.13. The fraction of sp³-hybridized carbons (Fsp3) is 0.471. The molecule has 6 nitrogen and oxygen atoms in total. The van der Waals surface area contributed by atoms with Gasteiger partial charge in [0, 0.05) is 31.1 Å². The van der Waals surface area contributed by atoms with Crippen LogP contribution in [0.4, 0.5) is 0 Å². The van der Waals surface area contributed by atoms with Gasteiger partial charge in [-0.1, -0.05) is 18.2 Å². The fourth-order valence-electron chi connectivity index (χ4n) is 3.11. The van der Waals surface area contributed by atoms with E-state index < -0.39 is 9.84 Å². The second-order valence-corrected chi connectivity index (χ2v) is 8.44. The maximum absolute atomic E-state index is 11.5. The van der Waals surface area contributed by atoms with E-state index in [1.165, 1.54) is 0 Å². The lowest BCUT2D eigenvalue weighted by atomic mass is 10.1. The van der Waals surface area contributed by atoms with E-state index in [4.69, 9.17) is 4.42 Å². The van der Waals surface area contributed by atoms with Crippen molar-refractivity contribution in [2.45, 2.75) is 19.9 Å². The summed E-state index contributed by atoms with van der Waals surface area (Å²) in [4.78, 5) is 4.21. The molecule has 138 valence electrons. The van der Waals surface area contributed by atoms with Crippen molar-refractivity contribution in [1.82, 2.24) is 10.6 Å². The Kier molecular flexibility index (Phi) is 6.72. The lowest BCUT2D eigenvalue weighted by Crippen LogP contribution is -2.39. The van der Waals surface area contributed by atoms with E-state index in [1.54, 1.807) is 7.05 Å². The molecule has 1 unspecified atom stereocenters. The third kappa shape index (κ3) is 4.87. The van der Waals surface area contributed by atoms with E-state index in [-0.39, 0.29) is 35.6 Å². The van der Waals surface area contributed by atoms with Gasteiger partial charge in [-0.15, -0.1) is 24.0 Å². The van der Waals surface area contributed by atoms with E-state index in [1.807, 2.05) is 31.2 Å². The van der Waals surface area contributed by atoms with Crippen molar-refractivity contribution < 1.29 is 12.8 Å². The monoisotopic (exact) mass is 477 g/mol. The molecule has 0 aliphatic carbocycles. The number of furan rings is 1. The van der Waals surface area contributed by atoms with Crippen LogP contribution in [0, 0.1) is 12.8 Å². The second-order valence-electron chi connectivity index (χ2n) is 6.21. The summed E-state index contributed by atoms with van der Waals surface area (Å²) in [5, 5.41) is 7.60. The van der Waals surface area contributed by atoms with Crippen molar-refractivity contribution in [3.05, 3.63) is 35.6 Å². The van der Waals surface area contributed by atoms with E-state index in [9.17, 15) is 8.42 Å². The molecule has 0 amide bonds. The Morgan fingerprint density at radius 3 is 2.76 bits per heavy atom. The van der Waals surface area contributed by atoms with Gasteiger partial charge in [-0.05, 0) is 25.3 Å². The molecule has 1 aliphatic rings. The normalized spacial score (nSPS) is 19.6. The van der Waals surface area contributed by atoms with Gasteiger partial charge in [0.05, 0.1) is 11.5 Å². The Morgan fingerprint density at radius 2 is 2.08 bits per heavy atom. The highest BCUT2D eigenvalue weighted by molar-refractivity contribution is 14.0. The molecule has 1 aliphatic heterocycles. The molecule has 25 heavy (non-hydrogen) atoms. The molecular weight excluding hydrogens is 453 g/mol. The number of nitrogens with zero attached hydrogens (tertiary/aromatic N) is 1. The molecule has 0 spiro atoms. The number of nitrogens with one attached hydrogen (secondary N) is 2. The standard InChI is InChI=1S/C17H23N3O3S.HI/c1-12-15(14-5-3-4-6-16(14)23-12)10-20-17(18-2)19-9-13-7-8-24(21,22)11-13;/h3-6,13H,7-11H2,1-2H3,(H2,18,19,20);1H. The van der Waals surface area contributed by atoms with Crippen LogP contribution in [-0.4, -0.2) is 39.5 Å². The van der Waals surface area contributed by atoms with Crippen LogP contribution in [0.2, 0.25) is 0 Å². The molecule has 2 aromatic rings. The van der Waals surface area contributed by atoms with Crippen molar-refractivity contribution in [3.63, 3.8) is 0 Å². The number of benzene rings is 1. The molecule has 1 aromatic carbocycles. The summed E-state index contributed by atoms with van der Waals surface area (Å²) in [5.41, 5.74) is 1.99. The molecule has 1 aromatic heterocycles. The zero-order valence-corrected chi connectivity index (χ0v) is 17.6. The van der Waals surface area contributed by atoms with Crippen LogP contribution < -0.4 is 10.6 Å². The van der Waals surface area contributed by atoms with Crippen LogP contribution in [0.1, 0.15) is 17.7 Å². The molecule has 1 fully saturated rings. The number of aliphatic imine (C=N–C) groups is 1. The Labute approximate surface area is 165 Å². The van der Waals surface area contributed by atoms with Crippen LogP contribution in [0.15, 0.2) is 33.7 Å². The minimum absolute atomic E-state index is 0. The minimum atomic E-state index is -2.84. The maximum atomic E-state index is 11.5. The largest absolute Gasteiger partial charge is 0.461 e. The third-order valence-corrected chi connectivity index (χ3v) is 6.28. The van der Waals surface area contributed by atoms with Gasteiger partial charge in [0.15, 0.2) is 15.8 Å². The fourth-order valence-corrected chi connectivity index (χ4v) is 4.97. The zero-order chi connectivity index (χ0) is 17.2. The summed E-state index contributed by atoms with van der Waals surface area (Å²) in [6.07, 6.45) is 0.720. The van der Waals surface area contributed by atoms with Crippen LogP contribution in [0.25, 0.3) is 11.0 Å². The Morgan fingerprint density at radius 1 is 1.32 bits per heavy atom. The summed E-state index contributed by atoms with van der Waals surface area (Å²) in [6, 6.07) is 7.95. The first-order chi connectivity index (χ1) is 11.5. The molecule has 2 heterocycles. The van der Waals surface area contributed by atoms with Gasteiger partial charge in [0.25, 0.3) is 0 Å². The van der Waals surface area contributed by atoms with Gasteiger partial charge in [-0.25, -0.2) is 8.42 Å². The molecule has 0 saturated carbocycles. The minimum Gasteiger partial charge on any atom is -0.461 e. The number of sulfone groups is 1. The molecule has 0 bridgehead atoms. The van der Waals surface area contributed by atoms with Crippen molar-refractivity contribution in [2.75, 3.05) is 25.1 Å². The molecule has 3 rings (SSSR count). The summed E-state index contributed by atoms with van der Waals surface area (Å²) >= 11 is 0. The second kappa shape index (κ2) is 8.39. The van der Waals surface area contributed by atoms with E-state index in [0.717, 1.165) is 28.7 Å². The average Bonchev–Trinajstić information content (AvgIpc) is 3.06. The van der Waals surface area contributed by atoms with Gasteiger partial charge in [-0.3, -0.25) is 4.99 Å². The molecule has 1 saturated heterocycles. The van der Waals surface area contributed by atoms with Crippen molar-refractivity contribution in [2.24, 2.45) is 10.9 Å². The van der Waals surface area contributed by atoms with Crippen LogP contribution in [0.5, 0.6) is 0 Å². The maximum Gasteiger partial charge on any atom is 0.191 e. The molecule has 0 radical (unpaired) electrons. The SMILES string of the molecule is CN=C(NCc1c(C)oc2ccccc12)NCC1CCS(=O)(=O)C1.I. The highest BCUT2D eigenvalue weighted by atomic mass is 127. The number of guanidine groups is 1. The number of aryl methyl sites for hydroxylation is 1. The number of hydrogen-bond donors (Lipinski definition) is 2. The number of rotatable bonds is 4. The highest BCUT2D eigenvalue weighted by Gasteiger charge is 2.27. The first-order valence-electron chi connectivity index (χ1n) is 8.10. The first-order valence-corrected chi connectivity index (χ1v) is 9.92. The van der Waals surface area contributed by atoms with Gasteiger partial charge in [0.1, 0.15) is 11.3 Å². The quantitative estimate of drug-likeness (QED) is 0.402. The summed E-state index contributed by atoms with van der Waals surface area (Å²) in [6.45, 7) is 3.17. The predicted molar refractivity (Wildman–Crippen MR) is 111 cm³/mol. The van der Waals surface area contributed by atoms with Gasteiger partial charge in [-0.2, -0.15) is 0 Å². The lowest BCUT2D eigenvalue weighted by Gasteiger charge is -2.14. The zero-order valence-electron chi connectivity index (χ0n) is 14.4. The van der Waals surface area contributed by atoms with Gasteiger partial charge in [0.2, 0.25) is 0 Å². The average molecular weight is 477 g/mol. The van der Waals surface area contributed by atoms with E-state index in [0.29, 0.717) is 24.8 Å². The van der Waals surface area contributed by atoms with E-state index in [2.05, 4.69) is 15.6 Å². The first kappa shape index (κ1) is 20.0. The number of fused-ring (bicyclic) bond motifs is 1. The highest BCUT2D eigenvalue weighted by Crippen LogP contribution is 2.24.